The minimum absolute atomic E-state index is 0.0415. The maximum absolute atomic E-state index is 11.2. The summed E-state index contributed by atoms with van der Waals surface area (Å²) in [6, 6.07) is 12.2. The van der Waals surface area contributed by atoms with Crippen LogP contribution in [0, 0.1) is 10.1 Å². The maximum Gasteiger partial charge on any atom is 0.278 e. The minimum atomic E-state index is -0.401. The van der Waals surface area contributed by atoms with E-state index in [4.69, 9.17) is 9.47 Å². The Morgan fingerprint density at radius 2 is 1.92 bits per heavy atom. The van der Waals surface area contributed by atoms with Gasteiger partial charge in [-0.2, -0.15) is 0 Å². The van der Waals surface area contributed by atoms with Crippen LogP contribution in [-0.4, -0.2) is 24.1 Å². The first-order valence-corrected chi connectivity index (χ1v) is 7.61. The lowest BCUT2D eigenvalue weighted by Gasteiger charge is -2.12. The fraction of sp³-hybridized carbons (Fsp3) is 0.167. The number of hydrogen-bond acceptors (Lipinski definition) is 6. The number of anilines is 1. The largest absolute Gasteiger partial charge is 0.493 e. The zero-order chi connectivity index (χ0) is 17.8. The molecule has 25 heavy (non-hydrogen) atoms. The van der Waals surface area contributed by atoms with Crippen LogP contribution >= 0.6 is 0 Å². The van der Waals surface area contributed by atoms with E-state index >= 15 is 0 Å². The molecular formula is C18H17N3O4. The zero-order valence-corrected chi connectivity index (χ0v) is 13.9. The molecular weight excluding hydrogens is 322 g/mol. The quantitative estimate of drug-likeness (QED) is 0.543. The van der Waals surface area contributed by atoms with Crippen LogP contribution in [0.5, 0.6) is 11.5 Å². The zero-order valence-electron chi connectivity index (χ0n) is 13.9. The Morgan fingerprint density at radius 1 is 1.12 bits per heavy atom. The monoisotopic (exact) mass is 339 g/mol. The lowest BCUT2D eigenvalue weighted by atomic mass is 10.1. The molecule has 0 atom stereocenters. The fourth-order valence-corrected chi connectivity index (χ4v) is 2.65. The number of fused-ring (bicyclic) bond motifs is 1. The van der Waals surface area contributed by atoms with E-state index in [1.165, 1.54) is 6.07 Å². The molecule has 128 valence electrons. The fourth-order valence-electron chi connectivity index (χ4n) is 2.65. The van der Waals surface area contributed by atoms with Crippen molar-refractivity contribution in [1.82, 2.24) is 4.98 Å². The number of ether oxygens (including phenoxy) is 2. The molecule has 0 saturated carbocycles. The van der Waals surface area contributed by atoms with Gasteiger partial charge in [-0.1, -0.05) is 6.07 Å². The van der Waals surface area contributed by atoms with Gasteiger partial charge in [0.15, 0.2) is 11.5 Å². The van der Waals surface area contributed by atoms with Crippen molar-refractivity contribution < 1.29 is 14.4 Å². The normalized spacial score (nSPS) is 10.5. The van der Waals surface area contributed by atoms with Crippen LogP contribution in [0.25, 0.3) is 10.9 Å². The third-order valence-electron chi connectivity index (χ3n) is 3.87. The smallest absolute Gasteiger partial charge is 0.278 e. The number of non-ortho nitro benzene ring substituents is 1. The third-order valence-corrected chi connectivity index (χ3v) is 3.87. The Bertz CT molecular complexity index is 927. The van der Waals surface area contributed by atoms with E-state index in [1.54, 1.807) is 38.6 Å². The van der Waals surface area contributed by atoms with Crippen LogP contribution in [-0.2, 0) is 6.54 Å². The molecule has 0 saturated heterocycles. The summed E-state index contributed by atoms with van der Waals surface area (Å²) >= 11 is 0. The van der Waals surface area contributed by atoms with Gasteiger partial charge in [0.05, 0.1) is 30.2 Å². The van der Waals surface area contributed by atoms with E-state index < -0.39 is 4.92 Å². The number of aromatic nitrogens is 1. The Labute approximate surface area is 144 Å². The molecule has 3 rings (SSSR count). The highest BCUT2D eigenvalue weighted by Gasteiger charge is 2.15. The number of pyridine rings is 1. The average molecular weight is 339 g/mol. The molecule has 7 heteroatoms. The topological polar surface area (TPSA) is 86.5 Å². The molecule has 0 unspecified atom stereocenters. The molecule has 2 aromatic carbocycles. The van der Waals surface area contributed by atoms with Crippen LogP contribution in [0.15, 0.2) is 48.7 Å². The Kier molecular flexibility index (Phi) is 4.65. The van der Waals surface area contributed by atoms with Crippen molar-refractivity contribution in [3.63, 3.8) is 0 Å². The molecule has 3 aromatic rings. The second-order valence-electron chi connectivity index (χ2n) is 5.33. The van der Waals surface area contributed by atoms with Gasteiger partial charge >= 0.3 is 0 Å². The highest BCUT2D eigenvalue weighted by molar-refractivity contribution is 5.96. The lowest BCUT2D eigenvalue weighted by Crippen LogP contribution is -2.02. The van der Waals surface area contributed by atoms with Crippen molar-refractivity contribution in [2.24, 2.45) is 0 Å². The number of methoxy groups -OCH3 is 2. The van der Waals surface area contributed by atoms with Crippen LogP contribution in [0.3, 0.4) is 0 Å². The highest BCUT2D eigenvalue weighted by Crippen LogP contribution is 2.31. The van der Waals surface area contributed by atoms with Gasteiger partial charge in [-0.15, -0.1) is 0 Å². The molecule has 0 fully saturated rings. The summed E-state index contributed by atoms with van der Waals surface area (Å²) in [7, 11) is 3.17. The first-order valence-electron chi connectivity index (χ1n) is 7.61. The summed E-state index contributed by atoms with van der Waals surface area (Å²) in [6.07, 6.45) is 1.62. The van der Waals surface area contributed by atoms with Crippen molar-refractivity contribution in [1.29, 1.82) is 0 Å². The van der Waals surface area contributed by atoms with Crippen LogP contribution in [0.1, 0.15) is 5.56 Å². The van der Waals surface area contributed by atoms with Gasteiger partial charge in [0.1, 0.15) is 5.52 Å². The van der Waals surface area contributed by atoms with Gasteiger partial charge in [0, 0.05) is 18.8 Å². The third kappa shape index (κ3) is 3.30. The molecule has 1 heterocycles. The van der Waals surface area contributed by atoms with E-state index in [9.17, 15) is 10.1 Å². The van der Waals surface area contributed by atoms with Crippen molar-refractivity contribution in [3.05, 3.63) is 64.3 Å². The van der Waals surface area contributed by atoms with Gasteiger partial charge in [-0.25, -0.2) is 0 Å². The van der Waals surface area contributed by atoms with Crippen molar-refractivity contribution in [2.75, 3.05) is 19.5 Å². The Hall–Kier alpha value is -3.35. The van der Waals surface area contributed by atoms with Gasteiger partial charge in [-0.3, -0.25) is 15.1 Å². The number of nitro groups is 1. The van der Waals surface area contributed by atoms with Crippen molar-refractivity contribution >= 4 is 22.3 Å². The summed E-state index contributed by atoms with van der Waals surface area (Å²) in [5, 5.41) is 14.9. The molecule has 1 N–H and O–H groups in total. The summed E-state index contributed by atoms with van der Waals surface area (Å²) in [6.45, 7) is 0.518. The lowest BCUT2D eigenvalue weighted by molar-refractivity contribution is -0.383. The predicted molar refractivity (Wildman–Crippen MR) is 95.3 cm³/mol. The molecule has 0 amide bonds. The predicted octanol–water partition coefficient (Wildman–Crippen LogP) is 3.77. The van der Waals surface area contributed by atoms with Crippen molar-refractivity contribution in [2.45, 2.75) is 6.54 Å². The molecule has 0 aliphatic rings. The van der Waals surface area contributed by atoms with E-state index in [-0.39, 0.29) is 5.69 Å². The minimum Gasteiger partial charge on any atom is -0.493 e. The molecule has 0 aliphatic heterocycles. The van der Waals surface area contributed by atoms with Crippen LogP contribution < -0.4 is 14.8 Å². The summed E-state index contributed by atoms with van der Waals surface area (Å²) in [5.74, 6) is 1.31. The molecule has 7 nitrogen and oxygen atoms in total. The molecule has 0 radical (unpaired) electrons. The van der Waals surface area contributed by atoms with Gasteiger partial charge in [0.25, 0.3) is 5.69 Å². The first kappa shape index (κ1) is 16.5. The van der Waals surface area contributed by atoms with E-state index in [1.807, 2.05) is 18.2 Å². The van der Waals surface area contributed by atoms with Crippen molar-refractivity contribution in [3.8, 4) is 11.5 Å². The number of hydrogen-bond donors (Lipinski definition) is 1. The van der Waals surface area contributed by atoms with E-state index in [0.29, 0.717) is 28.9 Å². The SMILES string of the molecule is COc1ccc(CNc2ccc([N+](=O)[O-])c3cccnc23)cc1OC. The highest BCUT2D eigenvalue weighted by atomic mass is 16.6. The summed E-state index contributed by atoms with van der Waals surface area (Å²) in [4.78, 5) is 15.1. The number of benzene rings is 2. The molecule has 0 aliphatic carbocycles. The molecule has 1 aromatic heterocycles. The van der Waals surface area contributed by atoms with E-state index in [0.717, 1.165) is 11.3 Å². The number of nitrogens with one attached hydrogen (secondary N) is 1. The maximum atomic E-state index is 11.2. The Balaban J connectivity index is 1.89. The Morgan fingerprint density at radius 3 is 2.64 bits per heavy atom. The number of nitrogens with zero attached hydrogens (tertiary/aromatic N) is 2. The second kappa shape index (κ2) is 7.04. The standard InChI is InChI=1S/C18H17N3O4/c1-24-16-8-5-12(10-17(16)25-2)11-20-14-6-7-15(21(22)23)13-4-3-9-19-18(13)14/h3-10,20H,11H2,1-2H3. The number of nitro benzene ring substituents is 1. The van der Waals surface area contributed by atoms with Gasteiger partial charge in [-0.05, 0) is 35.9 Å². The van der Waals surface area contributed by atoms with Crippen LogP contribution in [0.4, 0.5) is 11.4 Å². The number of rotatable bonds is 6. The molecule has 0 spiro atoms. The van der Waals surface area contributed by atoms with E-state index in [2.05, 4.69) is 10.3 Å². The molecule has 0 bridgehead atoms. The van der Waals surface area contributed by atoms with Crippen LogP contribution in [0.2, 0.25) is 0 Å². The van der Waals surface area contributed by atoms with Gasteiger partial charge < -0.3 is 14.8 Å². The second-order valence-corrected chi connectivity index (χ2v) is 5.33. The average Bonchev–Trinajstić information content (AvgIpc) is 2.65. The summed E-state index contributed by atoms with van der Waals surface area (Å²) < 4.78 is 10.5. The first-order chi connectivity index (χ1) is 12.1. The summed E-state index contributed by atoms with van der Waals surface area (Å²) in [5.41, 5.74) is 2.33. The van der Waals surface area contributed by atoms with Gasteiger partial charge in [0.2, 0.25) is 0 Å².